The van der Waals surface area contributed by atoms with E-state index in [1.54, 1.807) is 6.07 Å². The topological polar surface area (TPSA) is 38.0 Å². The highest BCUT2D eigenvalue weighted by Crippen LogP contribution is 2.27. The first-order valence-electron chi connectivity index (χ1n) is 6.11. The fraction of sp³-hybridized carbons (Fsp3) is 0.200. The van der Waals surface area contributed by atoms with Crippen molar-refractivity contribution in [3.8, 4) is 0 Å². The molecule has 2 rings (SSSR count). The first kappa shape index (κ1) is 13.9. The van der Waals surface area contributed by atoms with Crippen molar-refractivity contribution in [1.82, 2.24) is 0 Å². The van der Waals surface area contributed by atoms with Crippen LogP contribution in [0.3, 0.4) is 0 Å². The van der Waals surface area contributed by atoms with Crippen molar-refractivity contribution in [2.45, 2.75) is 12.8 Å². The highest BCUT2D eigenvalue weighted by atomic mass is 79.9. The van der Waals surface area contributed by atoms with Gasteiger partial charge in [0.15, 0.2) is 0 Å². The van der Waals surface area contributed by atoms with Gasteiger partial charge in [0.25, 0.3) is 0 Å². The van der Waals surface area contributed by atoms with Gasteiger partial charge < -0.3 is 11.1 Å². The van der Waals surface area contributed by atoms with Gasteiger partial charge in [0, 0.05) is 12.6 Å². The zero-order chi connectivity index (χ0) is 13.8. The molecule has 0 aliphatic heterocycles. The summed E-state index contributed by atoms with van der Waals surface area (Å²) in [5.41, 5.74) is 8.21. The summed E-state index contributed by atoms with van der Waals surface area (Å²) in [5.74, 6) is 0.00332. The maximum Gasteiger partial charge on any atom is 0.139 e. The van der Waals surface area contributed by atoms with E-state index in [1.807, 2.05) is 18.2 Å². The summed E-state index contributed by atoms with van der Waals surface area (Å²) < 4.78 is 13.7. The fourth-order valence-corrected chi connectivity index (χ4v) is 2.22. The zero-order valence-corrected chi connectivity index (χ0v) is 12.2. The lowest BCUT2D eigenvalue weighted by Crippen LogP contribution is -2.11. The van der Waals surface area contributed by atoms with Crippen molar-refractivity contribution in [2.24, 2.45) is 0 Å². The molecule has 1 unspecified atom stereocenters. The second kappa shape index (κ2) is 6.06. The fourth-order valence-electron chi connectivity index (χ4n) is 1.88. The highest BCUT2D eigenvalue weighted by molar-refractivity contribution is 9.10. The summed E-state index contributed by atoms with van der Waals surface area (Å²) in [6, 6.07) is 13.2. The average molecular weight is 323 g/mol. The maximum atomic E-state index is 13.3. The van der Waals surface area contributed by atoms with Crippen molar-refractivity contribution in [3.63, 3.8) is 0 Å². The van der Waals surface area contributed by atoms with Gasteiger partial charge in [-0.1, -0.05) is 37.3 Å². The Balaban J connectivity index is 2.05. The van der Waals surface area contributed by atoms with E-state index in [9.17, 15) is 4.39 Å². The summed E-state index contributed by atoms with van der Waals surface area (Å²) >= 11 is 3.16. The predicted molar refractivity (Wildman–Crippen MR) is 81.9 cm³/mol. The van der Waals surface area contributed by atoms with E-state index in [4.69, 9.17) is 5.73 Å². The second-order valence-electron chi connectivity index (χ2n) is 4.55. The van der Waals surface area contributed by atoms with Crippen molar-refractivity contribution < 1.29 is 4.39 Å². The summed E-state index contributed by atoms with van der Waals surface area (Å²) in [6.45, 7) is 2.88. The van der Waals surface area contributed by atoms with Gasteiger partial charge in [0.2, 0.25) is 0 Å². The van der Waals surface area contributed by atoms with Gasteiger partial charge >= 0.3 is 0 Å². The summed E-state index contributed by atoms with van der Waals surface area (Å²) in [5, 5.41) is 3.26. The monoisotopic (exact) mass is 322 g/mol. The van der Waals surface area contributed by atoms with Crippen LogP contribution in [-0.2, 0) is 0 Å². The van der Waals surface area contributed by atoms with E-state index in [0.29, 0.717) is 16.1 Å². The van der Waals surface area contributed by atoms with Gasteiger partial charge in [-0.05, 0) is 33.5 Å². The quantitative estimate of drug-likeness (QED) is 0.819. The van der Waals surface area contributed by atoms with Gasteiger partial charge in [-0.25, -0.2) is 4.39 Å². The lowest BCUT2D eigenvalue weighted by molar-refractivity contribution is 0.622. The average Bonchev–Trinajstić information content (AvgIpc) is 2.42. The molecule has 0 aromatic heterocycles. The third kappa shape index (κ3) is 3.47. The molecule has 0 amide bonds. The summed E-state index contributed by atoms with van der Waals surface area (Å²) in [6.07, 6.45) is 0. The predicted octanol–water partition coefficient (Wildman–Crippen LogP) is 4.39. The van der Waals surface area contributed by atoms with E-state index in [0.717, 1.165) is 12.2 Å². The number of hydrogen-bond acceptors (Lipinski definition) is 2. The molecule has 0 bridgehead atoms. The number of anilines is 2. The smallest absolute Gasteiger partial charge is 0.139 e. The van der Waals surface area contributed by atoms with E-state index >= 15 is 0 Å². The van der Waals surface area contributed by atoms with Gasteiger partial charge in [-0.15, -0.1) is 0 Å². The molecule has 0 saturated carbocycles. The molecule has 0 heterocycles. The molecule has 4 heteroatoms. The number of nitrogens with one attached hydrogen (secondary N) is 1. The lowest BCUT2D eigenvalue weighted by Gasteiger charge is -2.15. The normalized spacial score (nSPS) is 12.2. The molecular formula is C15H16BrFN2. The molecular weight excluding hydrogens is 307 g/mol. The molecule has 1 atom stereocenters. The van der Waals surface area contributed by atoms with E-state index in [1.165, 1.54) is 11.6 Å². The third-order valence-electron chi connectivity index (χ3n) is 3.06. The van der Waals surface area contributed by atoms with Crippen LogP contribution in [0.4, 0.5) is 15.8 Å². The minimum atomic E-state index is -0.348. The first-order chi connectivity index (χ1) is 9.08. The Labute approximate surface area is 121 Å². The lowest BCUT2D eigenvalue weighted by atomic mass is 10.0. The van der Waals surface area contributed by atoms with Crippen LogP contribution in [-0.4, -0.2) is 6.54 Å². The minimum Gasteiger partial charge on any atom is -0.397 e. The van der Waals surface area contributed by atoms with Crippen molar-refractivity contribution >= 4 is 27.3 Å². The summed E-state index contributed by atoms with van der Waals surface area (Å²) in [7, 11) is 0. The summed E-state index contributed by atoms with van der Waals surface area (Å²) in [4.78, 5) is 0. The van der Waals surface area contributed by atoms with Crippen LogP contribution in [0, 0.1) is 5.82 Å². The van der Waals surface area contributed by atoms with Crippen LogP contribution >= 0.6 is 15.9 Å². The third-order valence-corrected chi connectivity index (χ3v) is 3.67. The van der Waals surface area contributed by atoms with Crippen molar-refractivity contribution in [3.05, 3.63) is 58.3 Å². The molecule has 0 saturated heterocycles. The zero-order valence-electron chi connectivity index (χ0n) is 10.7. The number of rotatable bonds is 4. The number of nitrogen functional groups attached to an aromatic ring is 1. The molecule has 2 nitrogen and oxygen atoms in total. The van der Waals surface area contributed by atoms with Crippen LogP contribution in [0.2, 0.25) is 0 Å². The van der Waals surface area contributed by atoms with Crippen LogP contribution in [0.5, 0.6) is 0 Å². The Kier molecular flexibility index (Phi) is 4.43. The molecule has 2 aromatic carbocycles. The first-order valence-corrected chi connectivity index (χ1v) is 6.90. The standard InChI is InChI=1S/C15H16BrFN2/c1-10(11-5-3-2-4-6-11)9-19-15-7-12(16)13(17)8-14(15)18/h2-8,10,19H,9,18H2,1H3. The molecule has 19 heavy (non-hydrogen) atoms. The Bertz CT molecular complexity index is 558. The van der Waals surface area contributed by atoms with Crippen LogP contribution in [0.1, 0.15) is 18.4 Å². The van der Waals surface area contributed by atoms with E-state index in [2.05, 4.69) is 40.3 Å². The van der Waals surface area contributed by atoms with E-state index in [-0.39, 0.29) is 5.82 Å². The number of halogens is 2. The highest BCUT2D eigenvalue weighted by Gasteiger charge is 2.08. The maximum absolute atomic E-state index is 13.3. The van der Waals surface area contributed by atoms with Gasteiger partial charge in [0.1, 0.15) is 5.82 Å². The second-order valence-corrected chi connectivity index (χ2v) is 5.40. The minimum absolute atomic E-state index is 0.348. The molecule has 0 radical (unpaired) electrons. The van der Waals surface area contributed by atoms with Crippen molar-refractivity contribution in [2.75, 3.05) is 17.6 Å². The number of benzene rings is 2. The molecule has 0 aliphatic carbocycles. The van der Waals surface area contributed by atoms with Crippen molar-refractivity contribution in [1.29, 1.82) is 0 Å². The van der Waals surface area contributed by atoms with E-state index < -0.39 is 0 Å². The Hall–Kier alpha value is -1.55. The largest absolute Gasteiger partial charge is 0.397 e. The number of nitrogens with two attached hydrogens (primary N) is 1. The Morgan fingerprint density at radius 2 is 1.95 bits per heavy atom. The molecule has 0 fully saturated rings. The van der Waals surface area contributed by atoms with Gasteiger partial charge in [-0.2, -0.15) is 0 Å². The van der Waals surface area contributed by atoms with Crippen LogP contribution in [0.15, 0.2) is 46.9 Å². The number of hydrogen-bond donors (Lipinski definition) is 2. The molecule has 3 N–H and O–H groups in total. The molecule has 0 aliphatic rings. The Morgan fingerprint density at radius 1 is 1.26 bits per heavy atom. The molecule has 0 spiro atoms. The van der Waals surface area contributed by atoms with Crippen LogP contribution < -0.4 is 11.1 Å². The van der Waals surface area contributed by atoms with Gasteiger partial charge in [0.05, 0.1) is 15.8 Å². The molecule has 100 valence electrons. The Morgan fingerprint density at radius 3 is 2.63 bits per heavy atom. The SMILES string of the molecule is CC(CNc1cc(Br)c(F)cc1N)c1ccccc1. The van der Waals surface area contributed by atoms with Gasteiger partial charge in [-0.3, -0.25) is 0 Å². The van der Waals surface area contributed by atoms with Crippen LogP contribution in [0.25, 0.3) is 0 Å². The molecule has 2 aromatic rings.